The molecule has 1 aliphatic rings. The van der Waals surface area contributed by atoms with Gasteiger partial charge in [-0.3, -0.25) is 0 Å². The molecule has 0 atom stereocenters. The minimum Gasteiger partial charge on any atom is -0.450 e. The number of halogens is 5. The van der Waals surface area contributed by atoms with E-state index in [0.29, 0.717) is 29.9 Å². The SMILES string of the molecule is CC(C)(CO)CCC(=S)Cc1cc(F)c(Oc2ccnc3c2c(C2(C(F)(F)F)CC2)cn3COCC[Si](C)(C)C)c(F)c1. The van der Waals surface area contributed by atoms with Crippen molar-refractivity contribution >= 4 is 36.2 Å². The fraction of sp³-hybridized carbons (Fsp3) is 0.548. The minimum absolute atomic E-state index is 0.00596. The number of ether oxygens (including phenoxy) is 2. The Balaban J connectivity index is 1.64. The number of benzene rings is 1. The summed E-state index contributed by atoms with van der Waals surface area (Å²) in [7, 11) is -1.38. The second-order valence-corrected chi connectivity index (χ2v) is 19.7. The van der Waals surface area contributed by atoms with Crippen LogP contribution in [0.2, 0.25) is 25.7 Å². The molecule has 43 heavy (non-hydrogen) atoms. The standard InChI is InChI=1S/C31H39F5N2O3SSi/c1-29(2,18-39)8-6-21(42)14-20-15-23(32)27(24(33)16-20)41-25-7-11-37-28-26(25)22(30(9-10-30)31(34,35)36)17-38(28)19-40-12-13-43(3,4)5/h7,11,15-17,39H,6,8-10,12-14,18-19H2,1-5H3. The molecule has 1 aromatic carbocycles. The van der Waals surface area contributed by atoms with Crippen LogP contribution in [0.3, 0.4) is 0 Å². The molecule has 1 N–H and O–H groups in total. The third kappa shape index (κ3) is 7.82. The lowest BCUT2D eigenvalue weighted by molar-refractivity contribution is -0.160. The Morgan fingerprint density at radius 3 is 2.35 bits per heavy atom. The highest BCUT2D eigenvalue weighted by Crippen LogP contribution is 2.61. The van der Waals surface area contributed by atoms with Gasteiger partial charge in [0, 0.05) is 40.1 Å². The highest BCUT2D eigenvalue weighted by atomic mass is 32.1. The first-order valence-electron chi connectivity index (χ1n) is 14.4. The van der Waals surface area contributed by atoms with Crippen molar-refractivity contribution in [3.05, 3.63) is 53.4 Å². The van der Waals surface area contributed by atoms with E-state index >= 15 is 8.78 Å². The highest BCUT2D eigenvalue weighted by molar-refractivity contribution is 7.80. The molecule has 0 radical (unpaired) electrons. The third-order valence-electron chi connectivity index (χ3n) is 7.93. The van der Waals surface area contributed by atoms with Crippen molar-refractivity contribution in [1.29, 1.82) is 0 Å². The van der Waals surface area contributed by atoms with Gasteiger partial charge in [0.2, 0.25) is 0 Å². The fourth-order valence-corrected chi connectivity index (χ4v) is 5.92. The largest absolute Gasteiger partial charge is 0.450 e. The molecule has 0 bridgehead atoms. The highest BCUT2D eigenvalue weighted by Gasteiger charge is 2.65. The summed E-state index contributed by atoms with van der Waals surface area (Å²) in [6, 6.07) is 4.44. The zero-order valence-corrected chi connectivity index (χ0v) is 27.0. The van der Waals surface area contributed by atoms with E-state index in [4.69, 9.17) is 21.7 Å². The van der Waals surface area contributed by atoms with E-state index in [1.807, 2.05) is 13.8 Å². The molecule has 12 heteroatoms. The average Bonchev–Trinajstić information content (AvgIpc) is 3.64. The summed E-state index contributed by atoms with van der Waals surface area (Å²) in [6.45, 7) is 10.8. The first-order valence-corrected chi connectivity index (χ1v) is 18.5. The summed E-state index contributed by atoms with van der Waals surface area (Å²) in [5.74, 6) is -2.83. The van der Waals surface area contributed by atoms with Crippen molar-refractivity contribution in [2.24, 2.45) is 5.41 Å². The van der Waals surface area contributed by atoms with E-state index in [2.05, 4.69) is 24.6 Å². The number of hydrogen-bond acceptors (Lipinski definition) is 5. The molecule has 1 aliphatic carbocycles. The van der Waals surface area contributed by atoms with Crippen LogP contribution in [-0.4, -0.2) is 47.0 Å². The molecule has 236 valence electrons. The van der Waals surface area contributed by atoms with Gasteiger partial charge in [-0.2, -0.15) is 13.2 Å². The smallest absolute Gasteiger partial charge is 0.398 e. The van der Waals surface area contributed by atoms with Crippen LogP contribution < -0.4 is 4.74 Å². The molecule has 5 nitrogen and oxygen atoms in total. The molecule has 2 heterocycles. The van der Waals surface area contributed by atoms with E-state index in [-0.39, 0.29) is 60.4 Å². The van der Waals surface area contributed by atoms with Gasteiger partial charge in [-0.05, 0) is 71.3 Å². The Kier molecular flexibility index (Phi) is 9.76. The molecule has 3 aromatic rings. The van der Waals surface area contributed by atoms with Crippen LogP contribution in [0.15, 0.2) is 30.6 Å². The van der Waals surface area contributed by atoms with E-state index in [9.17, 15) is 18.3 Å². The molecule has 0 aliphatic heterocycles. The predicted molar refractivity (Wildman–Crippen MR) is 164 cm³/mol. The second kappa shape index (κ2) is 12.5. The van der Waals surface area contributed by atoms with Crippen molar-refractivity contribution in [3.8, 4) is 11.5 Å². The number of aromatic nitrogens is 2. The maximum Gasteiger partial charge on any atom is 0.398 e. The first-order chi connectivity index (χ1) is 20.0. The lowest BCUT2D eigenvalue weighted by atomic mass is 9.87. The van der Waals surface area contributed by atoms with E-state index < -0.39 is 37.0 Å². The predicted octanol–water partition coefficient (Wildman–Crippen LogP) is 8.72. The van der Waals surface area contributed by atoms with Crippen LogP contribution in [0.25, 0.3) is 11.0 Å². The van der Waals surface area contributed by atoms with Gasteiger partial charge >= 0.3 is 6.18 Å². The van der Waals surface area contributed by atoms with Crippen LogP contribution in [0.4, 0.5) is 22.0 Å². The summed E-state index contributed by atoms with van der Waals surface area (Å²) in [6.07, 6.45) is -0.734. The van der Waals surface area contributed by atoms with Gasteiger partial charge < -0.3 is 19.1 Å². The maximum absolute atomic E-state index is 15.3. The van der Waals surface area contributed by atoms with Crippen molar-refractivity contribution in [1.82, 2.24) is 9.55 Å². The van der Waals surface area contributed by atoms with Crippen LogP contribution in [-0.2, 0) is 23.3 Å². The van der Waals surface area contributed by atoms with Crippen molar-refractivity contribution < 1.29 is 36.5 Å². The van der Waals surface area contributed by atoms with Gasteiger partial charge in [0.1, 0.15) is 18.1 Å². The fourth-order valence-electron chi connectivity index (χ4n) is 4.90. The van der Waals surface area contributed by atoms with Gasteiger partial charge in [-0.1, -0.05) is 45.7 Å². The Hall–Kier alpha value is -2.41. The lowest BCUT2D eigenvalue weighted by Gasteiger charge is -2.21. The molecule has 2 aromatic heterocycles. The zero-order chi connectivity index (χ0) is 31.8. The normalized spacial score (nSPS) is 15.2. The molecular weight excluding hydrogens is 603 g/mol. The Morgan fingerprint density at radius 2 is 1.79 bits per heavy atom. The summed E-state index contributed by atoms with van der Waals surface area (Å²) < 4.78 is 86.4. The minimum atomic E-state index is -4.53. The Labute approximate surface area is 255 Å². The van der Waals surface area contributed by atoms with Crippen molar-refractivity contribution in [2.75, 3.05) is 13.2 Å². The monoisotopic (exact) mass is 642 g/mol. The van der Waals surface area contributed by atoms with Crippen molar-refractivity contribution in [3.63, 3.8) is 0 Å². The van der Waals surface area contributed by atoms with Crippen LogP contribution in [0.5, 0.6) is 11.5 Å². The first kappa shape index (κ1) is 33.5. The maximum atomic E-state index is 15.3. The van der Waals surface area contributed by atoms with Crippen LogP contribution in [0.1, 0.15) is 50.7 Å². The molecule has 0 amide bonds. The van der Waals surface area contributed by atoms with Gasteiger partial charge in [0.15, 0.2) is 17.4 Å². The van der Waals surface area contributed by atoms with Gasteiger partial charge in [-0.15, -0.1) is 0 Å². The molecular formula is C31H39F5N2O3SSi. The number of fused-ring (bicyclic) bond motifs is 1. The summed E-state index contributed by atoms with van der Waals surface area (Å²) in [5.41, 5.74) is -1.95. The quantitative estimate of drug-likeness (QED) is 0.0825. The van der Waals surface area contributed by atoms with Gasteiger partial charge in [0.05, 0.1) is 10.8 Å². The number of alkyl halides is 3. The Morgan fingerprint density at radius 1 is 1.14 bits per heavy atom. The Bertz CT molecular complexity index is 1460. The molecule has 0 saturated heterocycles. The molecule has 1 fully saturated rings. The molecule has 4 rings (SSSR count). The van der Waals surface area contributed by atoms with Crippen LogP contribution in [0, 0.1) is 17.0 Å². The number of nitrogens with zero attached hydrogens (tertiary/aromatic N) is 2. The lowest BCUT2D eigenvalue weighted by Crippen LogP contribution is -2.28. The van der Waals surface area contributed by atoms with Gasteiger partial charge in [0.25, 0.3) is 0 Å². The number of pyridine rings is 1. The zero-order valence-electron chi connectivity index (χ0n) is 25.2. The van der Waals surface area contributed by atoms with E-state index in [1.54, 1.807) is 0 Å². The van der Waals surface area contributed by atoms with Crippen LogP contribution >= 0.6 is 12.2 Å². The second-order valence-electron chi connectivity index (χ2n) is 13.5. The van der Waals surface area contributed by atoms with Gasteiger partial charge in [-0.25, -0.2) is 13.8 Å². The van der Waals surface area contributed by atoms with Crippen molar-refractivity contribution in [2.45, 2.75) is 90.0 Å². The number of aliphatic hydroxyl groups is 1. The molecule has 0 unspecified atom stereocenters. The molecule has 0 spiro atoms. The number of aliphatic hydroxyl groups excluding tert-OH is 1. The number of thiocarbonyl (C=S) groups is 1. The third-order valence-corrected chi connectivity index (χ3v) is 9.99. The number of hydrogen-bond donors (Lipinski definition) is 1. The summed E-state index contributed by atoms with van der Waals surface area (Å²) in [4.78, 5) is 4.90. The molecule has 1 saturated carbocycles. The topological polar surface area (TPSA) is 56.5 Å². The summed E-state index contributed by atoms with van der Waals surface area (Å²) >= 11 is 5.41. The average molecular weight is 643 g/mol. The van der Waals surface area contributed by atoms with E-state index in [1.165, 1.54) is 23.0 Å². The number of rotatable bonds is 14. The summed E-state index contributed by atoms with van der Waals surface area (Å²) in [5, 5.41) is 9.50. The van der Waals surface area contributed by atoms with E-state index in [0.717, 1.165) is 18.2 Å².